The van der Waals surface area contributed by atoms with Crippen LogP contribution in [0, 0.1) is 0 Å². The Kier molecular flexibility index (Phi) is 4.94. The first kappa shape index (κ1) is 17.7. The van der Waals surface area contributed by atoms with Gasteiger partial charge in [-0.3, -0.25) is 0 Å². The standard InChI is InChI=1S/C18H18ClN3O2S/c1-13(21-25(23,24)18-17(19)22(2)12-20-18)14-8-10-16(11-9-14)15-6-4-3-5-7-15/h3-13,21H,1-2H3/t13-/m1/s1. The van der Waals surface area contributed by atoms with E-state index in [9.17, 15) is 8.42 Å². The molecule has 3 rings (SSSR count). The Morgan fingerprint density at radius 2 is 1.64 bits per heavy atom. The highest BCUT2D eigenvalue weighted by Crippen LogP contribution is 2.24. The Balaban J connectivity index is 1.79. The van der Waals surface area contributed by atoms with Gasteiger partial charge in [-0.05, 0) is 23.6 Å². The molecule has 130 valence electrons. The molecule has 0 radical (unpaired) electrons. The van der Waals surface area contributed by atoms with Crippen LogP contribution < -0.4 is 4.72 Å². The van der Waals surface area contributed by atoms with Crippen molar-refractivity contribution in [3.05, 3.63) is 71.6 Å². The molecule has 0 saturated heterocycles. The van der Waals surface area contributed by atoms with Gasteiger partial charge in [0.25, 0.3) is 10.0 Å². The third-order valence-corrected chi connectivity index (χ3v) is 5.97. The smallest absolute Gasteiger partial charge is 0.261 e. The van der Waals surface area contributed by atoms with E-state index < -0.39 is 16.1 Å². The molecule has 3 aromatic rings. The van der Waals surface area contributed by atoms with Gasteiger partial charge in [0, 0.05) is 13.1 Å². The summed E-state index contributed by atoms with van der Waals surface area (Å²) in [4.78, 5) is 3.87. The van der Waals surface area contributed by atoms with Crippen molar-refractivity contribution in [2.75, 3.05) is 0 Å². The van der Waals surface area contributed by atoms with Crippen LogP contribution in [0.25, 0.3) is 11.1 Å². The maximum Gasteiger partial charge on any atom is 0.261 e. The molecule has 0 amide bonds. The van der Waals surface area contributed by atoms with Crippen molar-refractivity contribution in [3.8, 4) is 11.1 Å². The number of halogens is 1. The number of sulfonamides is 1. The molecule has 1 aromatic heterocycles. The van der Waals surface area contributed by atoms with Crippen molar-refractivity contribution in [2.24, 2.45) is 7.05 Å². The quantitative estimate of drug-likeness (QED) is 0.738. The van der Waals surface area contributed by atoms with Crippen LogP contribution in [0.2, 0.25) is 5.15 Å². The molecule has 7 heteroatoms. The minimum absolute atomic E-state index is 0.0825. The van der Waals surface area contributed by atoms with Crippen LogP contribution in [-0.2, 0) is 17.1 Å². The van der Waals surface area contributed by atoms with Gasteiger partial charge in [-0.15, -0.1) is 0 Å². The van der Waals surface area contributed by atoms with Crippen molar-refractivity contribution < 1.29 is 8.42 Å². The fraction of sp³-hybridized carbons (Fsp3) is 0.167. The van der Waals surface area contributed by atoms with E-state index in [0.29, 0.717) is 0 Å². The van der Waals surface area contributed by atoms with Crippen LogP contribution in [0.5, 0.6) is 0 Å². The molecule has 0 aliphatic carbocycles. The number of benzene rings is 2. The molecular weight excluding hydrogens is 358 g/mol. The van der Waals surface area contributed by atoms with Gasteiger partial charge in [-0.25, -0.2) is 18.1 Å². The van der Waals surface area contributed by atoms with E-state index in [1.165, 1.54) is 10.9 Å². The summed E-state index contributed by atoms with van der Waals surface area (Å²) in [6.07, 6.45) is 1.37. The maximum atomic E-state index is 12.5. The number of aryl methyl sites for hydroxylation is 1. The summed E-state index contributed by atoms with van der Waals surface area (Å²) in [7, 11) is -2.15. The molecule has 0 fully saturated rings. The third kappa shape index (κ3) is 3.76. The van der Waals surface area contributed by atoms with Crippen molar-refractivity contribution in [1.29, 1.82) is 0 Å². The second kappa shape index (κ2) is 7.00. The average molecular weight is 376 g/mol. The van der Waals surface area contributed by atoms with Gasteiger partial charge in [0.1, 0.15) is 5.15 Å². The predicted octanol–water partition coefficient (Wildman–Crippen LogP) is 3.78. The molecule has 2 aromatic carbocycles. The Morgan fingerprint density at radius 3 is 2.20 bits per heavy atom. The lowest BCUT2D eigenvalue weighted by Crippen LogP contribution is -2.27. The summed E-state index contributed by atoms with van der Waals surface area (Å²) in [5.74, 6) is 0. The highest BCUT2D eigenvalue weighted by Gasteiger charge is 2.24. The highest BCUT2D eigenvalue weighted by atomic mass is 35.5. The number of rotatable bonds is 5. The highest BCUT2D eigenvalue weighted by molar-refractivity contribution is 7.89. The zero-order valence-electron chi connectivity index (χ0n) is 13.8. The van der Waals surface area contributed by atoms with Crippen molar-refractivity contribution in [1.82, 2.24) is 14.3 Å². The zero-order valence-corrected chi connectivity index (χ0v) is 15.4. The number of nitrogens with one attached hydrogen (secondary N) is 1. The second-order valence-electron chi connectivity index (χ2n) is 5.78. The van der Waals surface area contributed by atoms with Gasteiger partial charge in [0.2, 0.25) is 5.03 Å². The summed E-state index contributed by atoms with van der Waals surface area (Å²) in [6.45, 7) is 1.78. The first-order chi connectivity index (χ1) is 11.9. The summed E-state index contributed by atoms with van der Waals surface area (Å²) in [5, 5.41) is -0.0800. The van der Waals surface area contributed by atoms with Gasteiger partial charge in [-0.1, -0.05) is 66.2 Å². The van der Waals surface area contributed by atoms with Crippen LogP contribution >= 0.6 is 11.6 Å². The molecule has 0 saturated carbocycles. The molecule has 0 spiro atoms. The van der Waals surface area contributed by atoms with Gasteiger partial charge in [-0.2, -0.15) is 0 Å². The Labute approximate surface area is 152 Å². The van der Waals surface area contributed by atoms with Gasteiger partial charge in [0.05, 0.1) is 6.33 Å². The Bertz CT molecular complexity index is 967. The normalized spacial score (nSPS) is 12.9. The van der Waals surface area contributed by atoms with E-state index in [4.69, 9.17) is 11.6 Å². The van der Waals surface area contributed by atoms with Crippen LogP contribution in [0.15, 0.2) is 66.0 Å². The molecule has 0 aliphatic rings. The SMILES string of the molecule is C[C@@H](NS(=O)(=O)c1ncn(C)c1Cl)c1ccc(-c2ccccc2)cc1. The summed E-state index contributed by atoms with van der Waals surface area (Å²) in [5.41, 5.74) is 3.05. The number of nitrogens with zero attached hydrogens (tertiary/aromatic N) is 2. The summed E-state index contributed by atoms with van der Waals surface area (Å²) in [6, 6.07) is 17.4. The van der Waals surface area contributed by atoms with Crippen molar-refractivity contribution >= 4 is 21.6 Å². The first-order valence-corrected chi connectivity index (χ1v) is 9.59. The fourth-order valence-corrected chi connectivity index (χ4v) is 4.19. The number of hydrogen-bond acceptors (Lipinski definition) is 3. The number of imidazole rings is 1. The molecule has 0 unspecified atom stereocenters. The van der Waals surface area contributed by atoms with Crippen LogP contribution in [-0.4, -0.2) is 18.0 Å². The van der Waals surface area contributed by atoms with E-state index >= 15 is 0 Å². The molecule has 25 heavy (non-hydrogen) atoms. The average Bonchev–Trinajstić information content (AvgIpc) is 2.95. The van der Waals surface area contributed by atoms with E-state index in [-0.39, 0.29) is 10.2 Å². The minimum Gasteiger partial charge on any atom is -0.324 e. The minimum atomic E-state index is -3.79. The molecule has 1 atom stereocenters. The Morgan fingerprint density at radius 1 is 1.04 bits per heavy atom. The van der Waals surface area contributed by atoms with E-state index in [0.717, 1.165) is 16.7 Å². The van der Waals surface area contributed by atoms with E-state index in [1.807, 2.05) is 54.6 Å². The van der Waals surface area contributed by atoms with Crippen LogP contribution in [0.4, 0.5) is 0 Å². The van der Waals surface area contributed by atoms with Gasteiger partial charge >= 0.3 is 0 Å². The molecule has 0 aliphatic heterocycles. The monoisotopic (exact) mass is 375 g/mol. The van der Waals surface area contributed by atoms with Crippen LogP contribution in [0.1, 0.15) is 18.5 Å². The summed E-state index contributed by atoms with van der Waals surface area (Å²) >= 11 is 5.99. The largest absolute Gasteiger partial charge is 0.324 e. The zero-order chi connectivity index (χ0) is 18.0. The van der Waals surface area contributed by atoms with E-state index in [2.05, 4.69) is 9.71 Å². The third-order valence-electron chi connectivity index (χ3n) is 3.94. The molecule has 1 heterocycles. The lowest BCUT2D eigenvalue weighted by Gasteiger charge is -2.14. The first-order valence-electron chi connectivity index (χ1n) is 7.73. The maximum absolute atomic E-state index is 12.5. The molecule has 1 N–H and O–H groups in total. The van der Waals surface area contributed by atoms with E-state index in [1.54, 1.807) is 14.0 Å². The summed E-state index contributed by atoms with van der Waals surface area (Å²) < 4.78 is 29.0. The molecule has 5 nitrogen and oxygen atoms in total. The topological polar surface area (TPSA) is 64.0 Å². The fourth-order valence-electron chi connectivity index (χ4n) is 2.53. The number of hydrogen-bond donors (Lipinski definition) is 1. The Hall–Kier alpha value is -2.15. The second-order valence-corrected chi connectivity index (χ2v) is 7.77. The molecular formula is C18H18ClN3O2S. The van der Waals surface area contributed by atoms with Gasteiger partial charge in [0.15, 0.2) is 0 Å². The van der Waals surface area contributed by atoms with Crippen LogP contribution in [0.3, 0.4) is 0 Å². The molecule has 0 bridgehead atoms. The lowest BCUT2D eigenvalue weighted by atomic mass is 10.0. The predicted molar refractivity (Wildman–Crippen MR) is 98.8 cm³/mol. The lowest BCUT2D eigenvalue weighted by molar-refractivity contribution is 0.563. The van der Waals surface area contributed by atoms with Gasteiger partial charge < -0.3 is 4.57 Å². The van der Waals surface area contributed by atoms with Crippen molar-refractivity contribution in [2.45, 2.75) is 18.0 Å². The number of aromatic nitrogens is 2. The van der Waals surface area contributed by atoms with Crippen molar-refractivity contribution in [3.63, 3.8) is 0 Å².